The third-order valence-electron chi connectivity index (χ3n) is 11.9. The number of hydrogen-bond acceptors (Lipinski definition) is 12. The summed E-state index contributed by atoms with van der Waals surface area (Å²) in [5.74, 6) is -2.78. The minimum Gasteiger partial charge on any atom is -0.490 e. The van der Waals surface area contributed by atoms with Crippen molar-refractivity contribution in [3.05, 3.63) is 97.1 Å². The zero-order valence-corrected chi connectivity index (χ0v) is 37.7. The maximum absolute atomic E-state index is 14.3. The van der Waals surface area contributed by atoms with Gasteiger partial charge in [0.15, 0.2) is 0 Å². The molecule has 4 aromatic rings. The quantitative estimate of drug-likeness (QED) is 0.0702. The molecule has 2 aliphatic carbocycles. The lowest BCUT2D eigenvalue weighted by molar-refractivity contribution is -0.136. The van der Waals surface area contributed by atoms with Crippen molar-refractivity contribution in [2.75, 3.05) is 46.9 Å². The second-order valence-electron chi connectivity index (χ2n) is 18.8. The van der Waals surface area contributed by atoms with Gasteiger partial charge in [0.05, 0.1) is 11.4 Å². The number of nitrogens with one attached hydrogen (secondary N) is 2. The number of carbonyl (C=O) groups excluding carboxylic acids is 6. The van der Waals surface area contributed by atoms with Crippen molar-refractivity contribution < 1.29 is 57.2 Å². The molecule has 2 N–H and O–H groups in total. The average molecular weight is 903 g/mol. The molecule has 16 heteroatoms. The van der Waals surface area contributed by atoms with E-state index in [9.17, 15) is 28.8 Å². The van der Waals surface area contributed by atoms with Crippen molar-refractivity contribution in [3.8, 4) is 23.0 Å². The molecule has 6 amide bonds. The van der Waals surface area contributed by atoms with E-state index < -0.39 is 58.9 Å². The van der Waals surface area contributed by atoms with Gasteiger partial charge in [-0.2, -0.15) is 0 Å². The van der Waals surface area contributed by atoms with Gasteiger partial charge in [-0.3, -0.25) is 29.8 Å². The maximum atomic E-state index is 14.3. The lowest BCUT2D eigenvalue weighted by atomic mass is 9.82. The predicted octanol–water partition coefficient (Wildman–Crippen LogP) is 8.25. The Morgan fingerprint density at radius 1 is 0.485 bits per heavy atom. The summed E-state index contributed by atoms with van der Waals surface area (Å²) in [6, 6.07) is 27.1. The molecule has 66 heavy (non-hydrogen) atoms. The first kappa shape index (κ1) is 45.5. The molecular weight excluding hydrogens is 849 g/mol. The molecule has 0 aromatic heterocycles. The smallest absolute Gasteiger partial charge is 0.412 e. The number of imide groups is 2. The van der Waals surface area contributed by atoms with Gasteiger partial charge < -0.3 is 28.4 Å². The first-order valence-corrected chi connectivity index (χ1v) is 22.1. The summed E-state index contributed by atoms with van der Waals surface area (Å²) >= 11 is 0. The number of fused-ring (bicyclic) bond motifs is 9. The van der Waals surface area contributed by atoms with E-state index >= 15 is 0 Å². The van der Waals surface area contributed by atoms with Gasteiger partial charge in [-0.25, -0.2) is 19.4 Å². The molecule has 2 heterocycles. The first-order chi connectivity index (χ1) is 31.4. The van der Waals surface area contributed by atoms with Gasteiger partial charge >= 0.3 is 12.2 Å². The van der Waals surface area contributed by atoms with Gasteiger partial charge in [0, 0.05) is 47.2 Å². The molecule has 4 aromatic carbocycles. The van der Waals surface area contributed by atoms with Crippen LogP contribution in [0, 0.1) is 35.5 Å². The SMILES string of the molecule is CC(C)(C)OC(=O)Nc1ccc(OCCOc2cccc(N3C(=O)C4CC(C3=O)C3C5CC(C(=O)N(c6cccc(OCCOc7ccc(NC(=O)OC(C)(C)C)cc7)c6)C5=O)C43)c2)cc1. The van der Waals surface area contributed by atoms with Crippen molar-refractivity contribution in [2.24, 2.45) is 35.5 Å². The average Bonchev–Trinajstić information content (AvgIpc) is 3.79. The molecule has 346 valence electrons. The van der Waals surface area contributed by atoms with Crippen LogP contribution in [0.25, 0.3) is 0 Å². The maximum Gasteiger partial charge on any atom is 0.412 e. The molecule has 4 fully saturated rings. The Kier molecular flexibility index (Phi) is 12.7. The number of rotatable bonds is 14. The van der Waals surface area contributed by atoms with Crippen LogP contribution in [-0.2, 0) is 28.7 Å². The summed E-state index contributed by atoms with van der Waals surface area (Å²) in [7, 11) is 0. The number of ether oxygens (including phenoxy) is 6. The van der Waals surface area contributed by atoms with E-state index in [1.807, 2.05) is 0 Å². The monoisotopic (exact) mass is 902 g/mol. The molecule has 2 saturated heterocycles. The van der Waals surface area contributed by atoms with E-state index in [-0.39, 0.29) is 50.1 Å². The lowest BCUT2D eigenvalue weighted by Gasteiger charge is -2.36. The highest BCUT2D eigenvalue weighted by Crippen LogP contribution is 2.62. The topological polar surface area (TPSA) is 188 Å². The molecule has 2 aliphatic heterocycles. The fraction of sp³-hybridized carbons (Fsp3) is 0.400. The highest BCUT2D eigenvalue weighted by Gasteiger charge is 2.68. The Balaban J connectivity index is 0.845. The summed E-state index contributed by atoms with van der Waals surface area (Å²) in [6.45, 7) is 11.4. The number of anilines is 4. The van der Waals surface area contributed by atoms with Crippen LogP contribution in [0.15, 0.2) is 97.1 Å². The first-order valence-electron chi connectivity index (χ1n) is 22.1. The van der Waals surface area contributed by atoms with Gasteiger partial charge in [-0.15, -0.1) is 0 Å². The minimum atomic E-state index is -0.618. The highest BCUT2D eigenvalue weighted by molar-refractivity contribution is 6.22. The van der Waals surface area contributed by atoms with Crippen LogP contribution in [0.3, 0.4) is 0 Å². The highest BCUT2D eigenvalue weighted by atomic mass is 16.6. The van der Waals surface area contributed by atoms with Crippen LogP contribution in [0.5, 0.6) is 23.0 Å². The molecule has 4 atom stereocenters. The van der Waals surface area contributed by atoms with Gasteiger partial charge in [0.1, 0.15) is 60.6 Å². The molecule has 16 nitrogen and oxygen atoms in total. The number of carbonyl (C=O) groups is 6. The Morgan fingerprint density at radius 2 is 0.803 bits per heavy atom. The Bertz CT molecular complexity index is 2280. The van der Waals surface area contributed by atoms with Crippen molar-refractivity contribution in [2.45, 2.75) is 65.6 Å². The van der Waals surface area contributed by atoms with Gasteiger partial charge in [-0.1, -0.05) is 12.1 Å². The van der Waals surface area contributed by atoms with Crippen molar-refractivity contribution in [1.82, 2.24) is 0 Å². The van der Waals surface area contributed by atoms with E-state index in [0.29, 0.717) is 58.6 Å². The molecule has 4 bridgehead atoms. The zero-order valence-electron chi connectivity index (χ0n) is 37.7. The van der Waals surface area contributed by atoms with E-state index in [1.54, 1.807) is 139 Å². The Labute approximate surface area is 382 Å². The predicted molar refractivity (Wildman–Crippen MR) is 243 cm³/mol. The fourth-order valence-corrected chi connectivity index (χ4v) is 9.44. The molecule has 4 unspecified atom stereocenters. The van der Waals surface area contributed by atoms with Crippen LogP contribution in [-0.4, -0.2) is 73.4 Å². The molecular formula is C50H54N4O12. The second-order valence-corrected chi connectivity index (χ2v) is 18.8. The number of hydrogen-bond donors (Lipinski definition) is 2. The van der Waals surface area contributed by atoms with Crippen LogP contribution >= 0.6 is 0 Å². The number of benzene rings is 4. The Morgan fingerprint density at radius 3 is 1.12 bits per heavy atom. The van der Waals surface area contributed by atoms with Gasteiger partial charge in [0.2, 0.25) is 23.6 Å². The van der Waals surface area contributed by atoms with Crippen LogP contribution in [0.2, 0.25) is 0 Å². The third kappa shape index (κ3) is 10.1. The number of amides is 6. The fourth-order valence-electron chi connectivity index (χ4n) is 9.44. The van der Waals surface area contributed by atoms with Gasteiger partial charge in [-0.05, 0) is 139 Å². The molecule has 2 saturated carbocycles. The van der Waals surface area contributed by atoms with Crippen LogP contribution in [0.1, 0.15) is 54.4 Å². The molecule has 0 radical (unpaired) electrons. The van der Waals surface area contributed by atoms with E-state index in [2.05, 4.69) is 10.6 Å². The van der Waals surface area contributed by atoms with E-state index in [1.165, 1.54) is 9.80 Å². The van der Waals surface area contributed by atoms with Crippen LogP contribution in [0.4, 0.5) is 32.3 Å². The summed E-state index contributed by atoms with van der Waals surface area (Å²) in [6.07, 6.45) is -0.500. The van der Waals surface area contributed by atoms with Gasteiger partial charge in [0.25, 0.3) is 0 Å². The molecule has 8 rings (SSSR count). The largest absolute Gasteiger partial charge is 0.490 e. The van der Waals surface area contributed by atoms with E-state index in [0.717, 1.165) is 0 Å². The number of piperidine rings is 2. The molecule has 4 aliphatic rings. The summed E-state index contributed by atoms with van der Waals surface area (Å²) in [5.41, 5.74) is 0.599. The van der Waals surface area contributed by atoms with Crippen molar-refractivity contribution >= 4 is 58.6 Å². The summed E-state index contributed by atoms with van der Waals surface area (Å²) in [4.78, 5) is 83.5. The third-order valence-corrected chi connectivity index (χ3v) is 11.9. The second kappa shape index (κ2) is 18.4. The van der Waals surface area contributed by atoms with Crippen LogP contribution < -0.4 is 39.4 Å². The molecule has 0 spiro atoms. The summed E-state index contributed by atoms with van der Waals surface area (Å²) in [5, 5.41) is 5.35. The standard InChI is InChI=1S/C50H54N4O12/c1-49(2,3)65-47(59)51-29-13-17-33(18-14-29)61-21-23-63-35-11-7-9-31(25-35)53-43(55)37-27-38(44(53)56)42-40-28-39(41(37)42)45(57)54(46(40)58)32-10-8-12-36(26-32)64-24-22-62-34-19-15-30(16-20-34)52-48(60)66-50(4,5)6/h7-20,25-26,37-42H,21-24,27-28H2,1-6H3,(H,51,59)(H,52,60). The normalized spacial score (nSPS) is 22.1. The van der Waals surface area contributed by atoms with E-state index in [4.69, 9.17) is 28.4 Å². The number of nitrogens with zero attached hydrogens (tertiary/aromatic N) is 2. The lowest BCUT2D eigenvalue weighted by Crippen LogP contribution is -2.52. The minimum absolute atomic E-state index is 0.167. The van der Waals surface area contributed by atoms with Crippen molar-refractivity contribution in [1.29, 1.82) is 0 Å². The van der Waals surface area contributed by atoms with Crippen molar-refractivity contribution in [3.63, 3.8) is 0 Å². The summed E-state index contributed by atoms with van der Waals surface area (Å²) < 4.78 is 34.1. The zero-order chi connectivity index (χ0) is 46.9. The Hall–Kier alpha value is -7.10.